The fourth-order valence-corrected chi connectivity index (χ4v) is 3.10. The fraction of sp³-hybridized carbons (Fsp3) is 0.211. The Morgan fingerprint density at radius 3 is 2.73 bits per heavy atom. The molecule has 8 nitrogen and oxygen atoms in total. The molecule has 0 unspecified atom stereocenters. The number of phenolic OH excluding ortho intramolecular Hbond substituents is 1. The van der Waals surface area contributed by atoms with Crippen LogP contribution in [0.4, 0.5) is 8.78 Å². The van der Waals surface area contributed by atoms with Gasteiger partial charge in [0.25, 0.3) is 5.89 Å². The van der Waals surface area contributed by atoms with E-state index >= 15 is 0 Å². The molecular weight excluding hydrogens is 470 g/mol. The minimum Gasteiger partial charge on any atom is -0.506 e. The van der Waals surface area contributed by atoms with Crippen LogP contribution in [0.15, 0.2) is 39.3 Å². The lowest BCUT2D eigenvalue weighted by Crippen LogP contribution is -2.06. The number of phenols is 1. The van der Waals surface area contributed by atoms with Gasteiger partial charge in [0.2, 0.25) is 5.82 Å². The summed E-state index contributed by atoms with van der Waals surface area (Å²) < 4.78 is 44.8. The van der Waals surface area contributed by atoms with Crippen molar-refractivity contribution >= 4 is 21.9 Å². The van der Waals surface area contributed by atoms with Crippen molar-refractivity contribution in [2.24, 2.45) is 0 Å². The molecule has 0 saturated heterocycles. The third kappa shape index (κ3) is 4.85. The molecule has 1 heterocycles. The van der Waals surface area contributed by atoms with Crippen molar-refractivity contribution in [3.63, 3.8) is 0 Å². The molecule has 0 aliphatic rings. The second-order valence-corrected chi connectivity index (χ2v) is 6.83. The summed E-state index contributed by atoms with van der Waals surface area (Å²) in [6.45, 7) is -1.57. The van der Waals surface area contributed by atoms with Crippen LogP contribution < -0.4 is 9.47 Å². The van der Waals surface area contributed by atoms with Gasteiger partial charge in [-0.15, -0.1) is 0 Å². The molecule has 1 aromatic heterocycles. The standard InChI is InChI=1S/C19H15BrF2N2O6/c1-9-5-11(16(25)12(20)6-9)18(26)28-8-15-23-17(24-30-15)10-3-4-13(29-19(21)22)14(7-10)27-2/h3-7,19,25H,8H2,1-2H3. The van der Waals surface area contributed by atoms with E-state index in [0.717, 1.165) is 5.56 Å². The molecule has 0 saturated carbocycles. The summed E-state index contributed by atoms with van der Waals surface area (Å²) in [4.78, 5) is 16.3. The Kier molecular flexibility index (Phi) is 6.50. The van der Waals surface area contributed by atoms with Crippen molar-refractivity contribution in [1.82, 2.24) is 10.1 Å². The number of alkyl halides is 2. The van der Waals surface area contributed by atoms with Crippen molar-refractivity contribution in [3.05, 3.63) is 51.8 Å². The molecule has 1 N–H and O–H groups in total. The molecule has 0 amide bonds. The lowest BCUT2D eigenvalue weighted by molar-refractivity contribution is -0.0512. The molecule has 0 atom stereocenters. The Balaban J connectivity index is 1.72. The maximum absolute atomic E-state index is 12.4. The number of aromatic hydroxyl groups is 1. The topological polar surface area (TPSA) is 104 Å². The Bertz CT molecular complexity index is 1070. The van der Waals surface area contributed by atoms with E-state index in [1.165, 1.54) is 31.4 Å². The van der Waals surface area contributed by atoms with Gasteiger partial charge < -0.3 is 23.8 Å². The lowest BCUT2D eigenvalue weighted by Gasteiger charge is -2.10. The minimum absolute atomic E-state index is 0.00330. The van der Waals surface area contributed by atoms with E-state index in [-0.39, 0.29) is 41.1 Å². The van der Waals surface area contributed by atoms with Crippen LogP contribution in [-0.2, 0) is 11.3 Å². The predicted molar refractivity (Wildman–Crippen MR) is 103 cm³/mol. The molecule has 2 aromatic carbocycles. The normalized spacial score (nSPS) is 10.9. The number of hydrogen-bond donors (Lipinski definition) is 1. The van der Waals surface area contributed by atoms with Crippen molar-refractivity contribution in [2.75, 3.05) is 7.11 Å². The number of benzene rings is 2. The summed E-state index contributed by atoms with van der Waals surface area (Å²) in [5, 5.41) is 13.8. The Labute approximate surface area is 177 Å². The van der Waals surface area contributed by atoms with Crippen LogP contribution in [0.5, 0.6) is 17.2 Å². The maximum atomic E-state index is 12.4. The van der Waals surface area contributed by atoms with Gasteiger partial charge in [-0.3, -0.25) is 0 Å². The molecule has 0 fully saturated rings. The van der Waals surface area contributed by atoms with Crippen LogP contribution in [0.1, 0.15) is 21.8 Å². The molecule has 3 aromatic rings. The van der Waals surface area contributed by atoms with E-state index < -0.39 is 12.6 Å². The summed E-state index contributed by atoms with van der Waals surface area (Å²) >= 11 is 3.16. The molecule has 0 spiro atoms. The lowest BCUT2D eigenvalue weighted by atomic mass is 10.1. The van der Waals surface area contributed by atoms with E-state index in [4.69, 9.17) is 14.0 Å². The quantitative estimate of drug-likeness (QED) is 0.489. The van der Waals surface area contributed by atoms with Gasteiger partial charge in [-0.25, -0.2) is 4.79 Å². The van der Waals surface area contributed by atoms with E-state index in [2.05, 4.69) is 30.8 Å². The average molecular weight is 485 g/mol. The van der Waals surface area contributed by atoms with Crippen molar-refractivity contribution < 1.29 is 37.4 Å². The summed E-state index contributed by atoms with van der Waals surface area (Å²) in [5.41, 5.74) is 1.15. The van der Waals surface area contributed by atoms with E-state index in [9.17, 15) is 18.7 Å². The van der Waals surface area contributed by atoms with Crippen molar-refractivity contribution in [2.45, 2.75) is 20.1 Å². The van der Waals surface area contributed by atoms with Gasteiger partial charge in [-0.2, -0.15) is 13.8 Å². The SMILES string of the molecule is COc1cc(-c2noc(COC(=O)c3cc(C)cc(Br)c3O)n2)ccc1OC(F)F. The summed E-state index contributed by atoms with van der Waals surface area (Å²) in [6.07, 6.45) is 0. The Morgan fingerprint density at radius 1 is 1.27 bits per heavy atom. The monoisotopic (exact) mass is 484 g/mol. The Morgan fingerprint density at radius 2 is 2.03 bits per heavy atom. The van der Waals surface area contributed by atoms with Crippen LogP contribution in [0.25, 0.3) is 11.4 Å². The second kappa shape index (κ2) is 9.08. The number of hydrogen-bond acceptors (Lipinski definition) is 8. The molecule has 0 bridgehead atoms. The summed E-state index contributed by atoms with van der Waals surface area (Å²) in [6, 6.07) is 7.28. The van der Waals surface area contributed by atoms with Crippen molar-refractivity contribution in [1.29, 1.82) is 0 Å². The number of esters is 1. The first-order valence-corrected chi connectivity index (χ1v) is 9.19. The highest BCUT2D eigenvalue weighted by atomic mass is 79.9. The first kappa shape index (κ1) is 21.5. The zero-order valence-corrected chi connectivity index (χ0v) is 17.3. The molecule has 3 rings (SSSR count). The Hall–Kier alpha value is -3.21. The maximum Gasteiger partial charge on any atom is 0.387 e. The van der Waals surface area contributed by atoms with Gasteiger partial charge in [0.05, 0.1) is 11.6 Å². The molecule has 0 aliphatic heterocycles. The van der Waals surface area contributed by atoms with Gasteiger partial charge in [0.15, 0.2) is 18.1 Å². The number of nitrogens with zero attached hydrogens (tertiary/aromatic N) is 2. The molecule has 11 heteroatoms. The first-order chi connectivity index (χ1) is 14.3. The third-order valence-corrected chi connectivity index (χ3v) is 4.46. The van der Waals surface area contributed by atoms with Crippen LogP contribution >= 0.6 is 15.9 Å². The van der Waals surface area contributed by atoms with Crippen LogP contribution in [0, 0.1) is 6.92 Å². The van der Waals surface area contributed by atoms with Crippen LogP contribution in [0.2, 0.25) is 0 Å². The number of aryl methyl sites for hydroxylation is 1. The number of methoxy groups -OCH3 is 1. The van der Waals surface area contributed by atoms with E-state index in [0.29, 0.717) is 10.0 Å². The van der Waals surface area contributed by atoms with Gasteiger partial charge in [-0.1, -0.05) is 5.16 Å². The van der Waals surface area contributed by atoms with Gasteiger partial charge in [-0.05, 0) is 58.7 Å². The molecule has 0 radical (unpaired) electrons. The highest BCUT2D eigenvalue weighted by Gasteiger charge is 2.19. The van der Waals surface area contributed by atoms with Crippen LogP contribution in [0.3, 0.4) is 0 Å². The van der Waals surface area contributed by atoms with Gasteiger partial charge in [0.1, 0.15) is 11.3 Å². The predicted octanol–water partition coefficient (Wildman–Crippen LogP) is 4.48. The van der Waals surface area contributed by atoms with E-state index in [1.807, 2.05) is 0 Å². The third-order valence-electron chi connectivity index (χ3n) is 3.86. The number of halogens is 3. The van der Waals surface area contributed by atoms with E-state index in [1.54, 1.807) is 13.0 Å². The summed E-state index contributed by atoms with van der Waals surface area (Å²) in [5.74, 6) is -0.966. The number of ether oxygens (including phenoxy) is 3. The highest BCUT2D eigenvalue weighted by Crippen LogP contribution is 2.33. The number of rotatable bonds is 7. The molecule has 30 heavy (non-hydrogen) atoms. The molecule has 0 aliphatic carbocycles. The second-order valence-electron chi connectivity index (χ2n) is 5.97. The van der Waals surface area contributed by atoms with Crippen LogP contribution in [-0.4, -0.2) is 34.9 Å². The fourth-order valence-electron chi connectivity index (χ4n) is 2.53. The average Bonchev–Trinajstić information content (AvgIpc) is 3.17. The molecule has 158 valence electrons. The van der Waals surface area contributed by atoms with Gasteiger partial charge in [0, 0.05) is 5.56 Å². The molecular formula is C19H15BrF2N2O6. The zero-order valence-electron chi connectivity index (χ0n) is 15.7. The minimum atomic E-state index is -3.00. The summed E-state index contributed by atoms with van der Waals surface area (Å²) in [7, 11) is 1.30. The number of aromatic nitrogens is 2. The van der Waals surface area contributed by atoms with Crippen molar-refractivity contribution in [3.8, 4) is 28.6 Å². The number of carbonyl (C=O) groups is 1. The van der Waals surface area contributed by atoms with Gasteiger partial charge >= 0.3 is 12.6 Å². The highest BCUT2D eigenvalue weighted by molar-refractivity contribution is 9.10. The zero-order chi connectivity index (χ0) is 21.8. The number of carbonyl (C=O) groups excluding carboxylic acids is 1. The first-order valence-electron chi connectivity index (χ1n) is 8.40. The smallest absolute Gasteiger partial charge is 0.387 e. The largest absolute Gasteiger partial charge is 0.506 e.